The topological polar surface area (TPSA) is 136 Å². The molecule has 0 aliphatic carbocycles. The number of carbonyl (C=O) groups excluding carboxylic acids is 1. The molecule has 0 radical (unpaired) electrons. The summed E-state index contributed by atoms with van der Waals surface area (Å²) in [7, 11) is 0. The first-order chi connectivity index (χ1) is 12.4. The first-order valence-electron chi connectivity index (χ1n) is 7.95. The number of pyridine rings is 1. The zero-order chi connectivity index (χ0) is 19.1. The maximum Gasteiger partial charge on any atom is 0.290 e. The van der Waals surface area contributed by atoms with Crippen LogP contribution in [0.15, 0.2) is 35.5 Å². The van der Waals surface area contributed by atoms with Gasteiger partial charge in [0.25, 0.3) is 12.4 Å². The summed E-state index contributed by atoms with van der Waals surface area (Å²) in [4.78, 5) is 45.1. The number of carbonyl (C=O) groups is 2. The minimum absolute atomic E-state index is 0.0906. The van der Waals surface area contributed by atoms with Crippen molar-refractivity contribution in [1.82, 2.24) is 19.9 Å². The molecule has 2 aromatic heterocycles. The molecule has 1 aliphatic rings. The fourth-order valence-electron chi connectivity index (χ4n) is 2.89. The third-order valence-electron chi connectivity index (χ3n) is 3.99. The number of β-amino-alcohol motifs (C(OH)–C–C–N with tert-alkyl or cyclic N) is 1. The Labute approximate surface area is 149 Å². The lowest BCUT2D eigenvalue weighted by atomic mass is 10.0. The predicted octanol–water partition coefficient (Wildman–Crippen LogP) is -0.150. The number of aryl methyl sites for hydroxylation is 1. The van der Waals surface area contributed by atoms with Crippen LogP contribution in [0.4, 0.5) is 0 Å². The van der Waals surface area contributed by atoms with Crippen molar-refractivity contribution in [2.45, 2.75) is 19.4 Å². The van der Waals surface area contributed by atoms with Crippen LogP contribution >= 0.6 is 0 Å². The van der Waals surface area contributed by atoms with Gasteiger partial charge in [-0.15, -0.1) is 0 Å². The van der Waals surface area contributed by atoms with Crippen LogP contribution in [0.5, 0.6) is 0 Å². The van der Waals surface area contributed by atoms with Crippen molar-refractivity contribution >= 4 is 12.4 Å². The van der Waals surface area contributed by atoms with Gasteiger partial charge in [0.15, 0.2) is 5.43 Å². The van der Waals surface area contributed by atoms with Gasteiger partial charge in [-0.25, -0.2) is 0 Å². The summed E-state index contributed by atoms with van der Waals surface area (Å²) in [6.07, 6.45) is 4.81. The normalized spacial score (nSPS) is 18.8. The average Bonchev–Trinajstić information content (AvgIpc) is 2.96. The first kappa shape index (κ1) is 19.3. The highest BCUT2D eigenvalue weighted by Crippen LogP contribution is 2.21. The standard InChI is InChI=1S/C16H18N4O3.CH2O2/c1-10-4-13(21)6-14(19-10)16(23)20-8-11(15(22)9-20)5-12-7-17-2-3-18-12;2-1-3/h2-4,6-7,11,15,22H,5,8-9H2,1H3,(H,19,21);1H,(H,2,3)/t11-,15-;/m1./s1. The third kappa shape index (κ3) is 4.96. The molecule has 3 rings (SSSR count). The molecule has 3 heterocycles. The van der Waals surface area contributed by atoms with Gasteiger partial charge in [-0.2, -0.15) is 0 Å². The van der Waals surface area contributed by atoms with E-state index in [9.17, 15) is 14.7 Å². The first-order valence-corrected chi connectivity index (χ1v) is 7.95. The van der Waals surface area contributed by atoms with Gasteiger partial charge < -0.3 is 20.1 Å². The number of carboxylic acid groups (broad SMARTS) is 1. The summed E-state index contributed by atoms with van der Waals surface area (Å²) >= 11 is 0. The third-order valence-corrected chi connectivity index (χ3v) is 3.99. The van der Waals surface area contributed by atoms with Crippen molar-refractivity contribution in [2.24, 2.45) is 5.92 Å². The fourth-order valence-corrected chi connectivity index (χ4v) is 2.89. The molecule has 0 saturated carbocycles. The minimum atomic E-state index is -0.613. The largest absolute Gasteiger partial charge is 0.483 e. The van der Waals surface area contributed by atoms with E-state index in [2.05, 4.69) is 15.0 Å². The van der Waals surface area contributed by atoms with E-state index in [1.807, 2.05) is 0 Å². The van der Waals surface area contributed by atoms with Crippen LogP contribution < -0.4 is 5.43 Å². The molecule has 3 N–H and O–H groups in total. The number of aromatic amines is 1. The fraction of sp³-hybridized carbons (Fsp3) is 0.353. The van der Waals surface area contributed by atoms with Gasteiger partial charge in [0.05, 0.1) is 11.8 Å². The molecule has 26 heavy (non-hydrogen) atoms. The highest BCUT2D eigenvalue weighted by Gasteiger charge is 2.35. The summed E-state index contributed by atoms with van der Waals surface area (Å²) in [6.45, 7) is 2.15. The molecule has 138 valence electrons. The molecule has 2 atom stereocenters. The van der Waals surface area contributed by atoms with E-state index in [0.717, 1.165) is 5.69 Å². The Kier molecular flexibility index (Phi) is 6.56. The van der Waals surface area contributed by atoms with Crippen molar-refractivity contribution < 1.29 is 19.8 Å². The predicted molar refractivity (Wildman–Crippen MR) is 91.6 cm³/mol. The number of aromatic nitrogens is 3. The number of hydrogen-bond acceptors (Lipinski definition) is 6. The van der Waals surface area contributed by atoms with Crippen molar-refractivity contribution in [3.63, 3.8) is 0 Å². The van der Waals surface area contributed by atoms with Gasteiger partial charge in [-0.3, -0.25) is 24.4 Å². The van der Waals surface area contributed by atoms with E-state index < -0.39 is 6.10 Å². The molecule has 1 amide bonds. The second-order valence-corrected chi connectivity index (χ2v) is 5.96. The monoisotopic (exact) mass is 360 g/mol. The lowest BCUT2D eigenvalue weighted by Crippen LogP contribution is -2.31. The Morgan fingerprint density at radius 3 is 2.73 bits per heavy atom. The van der Waals surface area contributed by atoms with Gasteiger partial charge in [-0.1, -0.05) is 0 Å². The summed E-state index contributed by atoms with van der Waals surface area (Å²) in [5, 5.41) is 17.1. The number of rotatable bonds is 3. The quantitative estimate of drug-likeness (QED) is 0.647. The van der Waals surface area contributed by atoms with Crippen LogP contribution in [-0.4, -0.2) is 61.6 Å². The van der Waals surface area contributed by atoms with E-state index in [1.165, 1.54) is 12.1 Å². The zero-order valence-corrected chi connectivity index (χ0v) is 14.2. The number of aliphatic hydroxyl groups excluding tert-OH is 1. The number of nitrogens with zero attached hydrogens (tertiary/aromatic N) is 3. The second kappa shape index (κ2) is 8.86. The average molecular weight is 360 g/mol. The number of nitrogens with one attached hydrogen (secondary N) is 1. The molecule has 9 heteroatoms. The van der Waals surface area contributed by atoms with Crippen LogP contribution in [0, 0.1) is 12.8 Å². The minimum Gasteiger partial charge on any atom is -0.483 e. The van der Waals surface area contributed by atoms with Crippen LogP contribution in [0.3, 0.4) is 0 Å². The van der Waals surface area contributed by atoms with E-state index in [0.29, 0.717) is 18.7 Å². The number of H-pyrrole nitrogens is 1. The van der Waals surface area contributed by atoms with E-state index >= 15 is 0 Å². The molecule has 9 nitrogen and oxygen atoms in total. The number of amides is 1. The Morgan fingerprint density at radius 2 is 2.12 bits per heavy atom. The lowest BCUT2D eigenvalue weighted by Gasteiger charge is -2.16. The Hall–Kier alpha value is -3.07. The van der Waals surface area contributed by atoms with Gasteiger partial charge in [0.2, 0.25) is 0 Å². The summed E-state index contributed by atoms with van der Waals surface area (Å²) < 4.78 is 0. The van der Waals surface area contributed by atoms with Gasteiger partial charge in [0.1, 0.15) is 5.69 Å². The van der Waals surface area contributed by atoms with Gasteiger partial charge in [-0.05, 0) is 13.3 Å². The highest BCUT2D eigenvalue weighted by molar-refractivity contribution is 5.92. The lowest BCUT2D eigenvalue weighted by molar-refractivity contribution is -0.122. The molecule has 1 fully saturated rings. The maximum atomic E-state index is 12.5. The molecular weight excluding hydrogens is 340 g/mol. The van der Waals surface area contributed by atoms with Crippen molar-refractivity contribution in [3.05, 3.63) is 58.0 Å². The highest BCUT2D eigenvalue weighted by atomic mass is 16.3. The molecular formula is C17H20N4O5. The number of hydrogen-bond donors (Lipinski definition) is 3. The molecule has 0 unspecified atom stereocenters. The molecule has 0 aromatic carbocycles. The molecule has 0 bridgehead atoms. The summed E-state index contributed by atoms with van der Waals surface area (Å²) in [5.41, 5.74) is 1.47. The van der Waals surface area contributed by atoms with E-state index in [4.69, 9.17) is 9.90 Å². The van der Waals surface area contributed by atoms with Crippen molar-refractivity contribution in [1.29, 1.82) is 0 Å². The summed E-state index contributed by atoms with van der Waals surface area (Å²) in [5.74, 6) is -0.362. The van der Waals surface area contributed by atoms with Gasteiger partial charge in [0, 0.05) is 55.4 Å². The zero-order valence-electron chi connectivity index (χ0n) is 14.2. The van der Waals surface area contributed by atoms with Crippen molar-refractivity contribution in [3.8, 4) is 0 Å². The van der Waals surface area contributed by atoms with Crippen LogP contribution in [0.1, 0.15) is 21.9 Å². The van der Waals surface area contributed by atoms with E-state index in [-0.39, 0.29) is 36.0 Å². The molecule has 1 aliphatic heterocycles. The SMILES string of the molecule is Cc1cc(=O)cc(C(=O)N2C[C@@H](Cc3cnccn3)[C@H](O)C2)[nH]1.O=CO. The maximum absolute atomic E-state index is 12.5. The number of likely N-dealkylation sites (tertiary alicyclic amines) is 1. The number of aliphatic hydroxyl groups is 1. The molecule has 1 saturated heterocycles. The smallest absolute Gasteiger partial charge is 0.290 e. The Balaban J connectivity index is 0.000000758. The Bertz CT molecular complexity index is 808. The van der Waals surface area contributed by atoms with Gasteiger partial charge >= 0.3 is 0 Å². The van der Waals surface area contributed by atoms with Crippen LogP contribution in [0.2, 0.25) is 0 Å². The van der Waals surface area contributed by atoms with E-state index in [1.54, 1.807) is 30.4 Å². The van der Waals surface area contributed by atoms with Crippen LogP contribution in [0.25, 0.3) is 0 Å². The van der Waals surface area contributed by atoms with Crippen LogP contribution in [-0.2, 0) is 11.2 Å². The second-order valence-electron chi connectivity index (χ2n) is 5.96. The van der Waals surface area contributed by atoms with Crippen molar-refractivity contribution in [2.75, 3.05) is 13.1 Å². The molecule has 2 aromatic rings. The Morgan fingerprint density at radius 1 is 1.38 bits per heavy atom. The summed E-state index contributed by atoms with van der Waals surface area (Å²) in [6, 6.07) is 2.73. The molecule has 0 spiro atoms.